The second-order valence-corrected chi connectivity index (χ2v) is 5.78. The van der Waals surface area contributed by atoms with E-state index in [2.05, 4.69) is 19.9 Å². The summed E-state index contributed by atoms with van der Waals surface area (Å²) in [6, 6.07) is 8.15. The molecule has 0 saturated heterocycles. The number of ether oxygens (including phenoxy) is 1. The molecule has 2 unspecified atom stereocenters. The van der Waals surface area contributed by atoms with E-state index in [0.717, 1.165) is 30.9 Å². The average Bonchev–Trinajstić information content (AvgIpc) is 2.37. The van der Waals surface area contributed by atoms with Crippen molar-refractivity contribution in [3.63, 3.8) is 0 Å². The van der Waals surface area contributed by atoms with E-state index in [1.54, 1.807) is 0 Å². The fourth-order valence-electron chi connectivity index (χ4n) is 2.57. The van der Waals surface area contributed by atoms with Crippen molar-refractivity contribution in [1.29, 1.82) is 0 Å². The van der Waals surface area contributed by atoms with Crippen molar-refractivity contribution in [2.24, 2.45) is 11.8 Å². The maximum atomic E-state index is 10.2. The zero-order valence-corrected chi connectivity index (χ0v) is 11.4. The quantitative estimate of drug-likeness (QED) is 0.865. The van der Waals surface area contributed by atoms with Gasteiger partial charge in [-0.05, 0) is 30.4 Å². The van der Waals surface area contributed by atoms with Gasteiger partial charge in [-0.1, -0.05) is 44.9 Å². The second-order valence-electron chi connectivity index (χ2n) is 5.78. The van der Waals surface area contributed by atoms with E-state index >= 15 is 0 Å². The topological polar surface area (TPSA) is 29.5 Å². The number of benzene rings is 1. The Hall–Kier alpha value is -1.02. The van der Waals surface area contributed by atoms with E-state index < -0.39 is 0 Å². The zero-order valence-electron chi connectivity index (χ0n) is 11.4. The van der Waals surface area contributed by atoms with Crippen LogP contribution in [0.15, 0.2) is 24.3 Å². The highest BCUT2D eigenvalue weighted by molar-refractivity contribution is 5.35. The molecule has 1 heterocycles. The van der Waals surface area contributed by atoms with Crippen LogP contribution in [0.25, 0.3) is 0 Å². The Labute approximate surface area is 110 Å². The molecule has 0 saturated carbocycles. The Kier molecular flexibility index (Phi) is 4.65. The molecule has 18 heavy (non-hydrogen) atoms. The summed E-state index contributed by atoms with van der Waals surface area (Å²) >= 11 is 0. The summed E-state index contributed by atoms with van der Waals surface area (Å²) in [4.78, 5) is 0. The SMILES string of the molecule is CC(C)CCCC(O)C1COc2ccccc2C1. The van der Waals surface area contributed by atoms with Crippen LogP contribution in [-0.4, -0.2) is 17.8 Å². The third-order valence-electron chi connectivity index (χ3n) is 3.73. The molecule has 2 rings (SSSR count). The molecule has 1 aromatic carbocycles. The summed E-state index contributed by atoms with van der Waals surface area (Å²) < 4.78 is 5.72. The average molecular weight is 248 g/mol. The van der Waals surface area contributed by atoms with Crippen LogP contribution in [-0.2, 0) is 6.42 Å². The third-order valence-corrected chi connectivity index (χ3v) is 3.73. The molecule has 1 aromatic rings. The van der Waals surface area contributed by atoms with Gasteiger partial charge in [-0.15, -0.1) is 0 Å². The van der Waals surface area contributed by atoms with Gasteiger partial charge >= 0.3 is 0 Å². The minimum atomic E-state index is -0.225. The van der Waals surface area contributed by atoms with Gasteiger partial charge in [0.25, 0.3) is 0 Å². The summed E-state index contributed by atoms with van der Waals surface area (Å²) in [6.45, 7) is 5.11. The molecule has 1 aliphatic heterocycles. The van der Waals surface area contributed by atoms with Crippen molar-refractivity contribution in [2.45, 2.75) is 45.6 Å². The van der Waals surface area contributed by atoms with Crippen LogP contribution in [0.1, 0.15) is 38.7 Å². The van der Waals surface area contributed by atoms with Crippen molar-refractivity contribution >= 4 is 0 Å². The third kappa shape index (κ3) is 3.49. The van der Waals surface area contributed by atoms with Crippen molar-refractivity contribution in [3.05, 3.63) is 29.8 Å². The number of fused-ring (bicyclic) bond motifs is 1. The fourth-order valence-corrected chi connectivity index (χ4v) is 2.57. The highest BCUT2D eigenvalue weighted by atomic mass is 16.5. The molecule has 100 valence electrons. The minimum Gasteiger partial charge on any atom is -0.493 e. The Morgan fingerprint density at radius 1 is 1.28 bits per heavy atom. The van der Waals surface area contributed by atoms with E-state index in [4.69, 9.17) is 4.74 Å². The summed E-state index contributed by atoms with van der Waals surface area (Å²) in [6.07, 6.45) is 3.92. The Bertz CT molecular complexity index is 373. The molecule has 0 fully saturated rings. The molecule has 0 radical (unpaired) electrons. The molecule has 1 N–H and O–H groups in total. The highest BCUT2D eigenvalue weighted by Gasteiger charge is 2.25. The number of rotatable bonds is 5. The van der Waals surface area contributed by atoms with Gasteiger partial charge in [-0.3, -0.25) is 0 Å². The van der Waals surface area contributed by atoms with Gasteiger partial charge in [0.1, 0.15) is 5.75 Å². The van der Waals surface area contributed by atoms with Crippen molar-refractivity contribution in [3.8, 4) is 5.75 Å². The van der Waals surface area contributed by atoms with Crippen LogP contribution < -0.4 is 4.74 Å². The highest BCUT2D eigenvalue weighted by Crippen LogP contribution is 2.29. The Morgan fingerprint density at radius 3 is 2.83 bits per heavy atom. The van der Waals surface area contributed by atoms with Crippen LogP contribution in [0, 0.1) is 11.8 Å². The maximum Gasteiger partial charge on any atom is 0.122 e. The first-order valence-corrected chi connectivity index (χ1v) is 7.05. The second kappa shape index (κ2) is 6.24. The number of aliphatic hydroxyl groups excluding tert-OH is 1. The van der Waals surface area contributed by atoms with Crippen LogP contribution in [0.2, 0.25) is 0 Å². The van der Waals surface area contributed by atoms with E-state index in [0.29, 0.717) is 6.61 Å². The maximum absolute atomic E-state index is 10.2. The molecule has 1 aliphatic rings. The van der Waals surface area contributed by atoms with Crippen molar-refractivity contribution in [2.75, 3.05) is 6.61 Å². The fraction of sp³-hybridized carbons (Fsp3) is 0.625. The molecule has 2 atom stereocenters. The molecular weight excluding hydrogens is 224 g/mol. The van der Waals surface area contributed by atoms with Crippen LogP contribution in [0.4, 0.5) is 0 Å². The molecule has 0 bridgehead atoms. The number of hydrogen-bond donors (Lipinski definition) is 1. The lowest BCUT2D eigenvalue weighted by atomic mass is 9.89. The smallest absolute Gasteiger partial charge is 0.122 e. The minimum absolute atomic E-state index is 0.225. The van der Waals surface area contributed by atoms with Crippen molar-refractivity contribution < 1.29 is 9.84 Å². The standard InChI is InChI=1S/C16H24O2/c1-12(2)6-5-8-15(17)14-10-13-7-3-4-9-16(13)18-11-14/h3-4,7,9,12,14-15,17H,5-6,8,10-11H2,1-2H3. The first-order valence-electron chi connectivity index (χ1n) is 7.05. The predicted octanol–water partition coefficient (Wildman–Crippen LogP) is 3.42. The monoisotopic (exact) mass is 248 g/mol. The molecule has 0 aliphatic carbocycles. The lowest BCUT2D eigenvalue weighted by molar-refractivity contribution is 0.0563. The Balaban J connectivity index is 1.84. The number of para-hydroxylation sites is 1. The summed E-state index contributed by atoms with van der Waals surface area (Å²) in [5.41, 5.74) is 1.23. The van der Waals surface area contributed by atoms with Gasteiger partial charge in [0.15, 0.2) is 0 Å². The van der Waals surface area contributed by atoms with E-state index in [-0.39, 0.29) is 12.0 Å². The van der Waals surface area contributed by atoms with E-state index in [1.165, 1.54) is 12.0 Å². The Morgan fingerprint density at radius 2 is 2.06 bits per heavy atom. The first-order chi connectivity index (χ1) is 8.66. The van der Waals surface area contributed by atoms with Gasteiger partial charge in [-0.25, -0.2) is 0 Å². The van der Waals surface area contributed by atoms with Crippen molar-refractivity contribution in [1.82, 2.24) is 0 Å². The number of aliphatic hydroxyl groups is 1. The van der Waals surface area contributed by atoms with Gasteiger partial charge in [-0.2, -0.15) is 0 Å². The molecule has 2 heteroatoms. The molecular formula is C16H24O2. The lowest BCUT2D eigenvalue weighted by Crippen LogP contribution is -2.31. The van der Waals surface area contributed by atoms with Gasteiger partial charge in [0, 0.05) is 5.92 Å². The zero-order chi connectivity index (χ0) is 13.0. The van der Waals surface area contributed by atoms with Crippen LogP contribution in [0.5, 0.6) is 5.75 Å². The van der Waals surface area contributed by atoms with Crippen LogP contribution in [0.3, 0.4) is 0 Å². The van der Waals surface area contributed by atoms with Gasteiger partial charge < -0.3 is 9.84 Å². The summed E-state index contributed by atoms with van der Waals surface area (Å²) in [7, 11) is 0. The molecule has 2 nitrogen and oxygen atoms in total. The lowest BCUT2D eigenvalue weighted by Gasteiger charge is -2.29. The molecule has 0 aromatic heterocycles. The molecule has 0 amide bonds. The predicted molar refractivity (Wildman–Crippen MR) is 73.8 cm³/mol. The summed E-state index contributed by atoms with van der Waals surface area (Å²) in [5.74, 6) is 1.97. The van der Waals surface area contributed by atoms with E-state index in [1.807, 2.05) is 18.2 Å². The van der Waals surface area contributed by atoms with E-state index in [9.17, 15) is 5.11 Å². The molecule has 0 spiro atoms. The summed E-state index contributed by atoms with van der Waals surface area (Å²) in [5, 5.41) is 10.2. The van der Waals surface area contributed by atoms with Gasteiger partial charge in [0.2, 0.25) is 0 Å². The van der Waals surface area contributed by atoms with Gasteiger partial charge in [0.05, 0.1) is 12.7 Å². The van der Waals surface area contributed by atoms with Crippen LogP contribution >= 0.6 is 0 Å². The number of hydrogen-bond acceptors (Lipinski definition) is 2. The largest absolute Gasteiger partial charge is 0.493 e. The normalized spacial score (nSPS) is 20.3. The first kappa shape index (κ1) is 13.4.